The average molecular weight is 184 g/mol. The summed E-state index contributed by atoms with van der Waals surface area (Å²) >= 11 is 0. The second kappa shape index (κ2) is 4.97. The third-order valence-corrected chi connectivity index (χ3v) is 2.90. The van der Waals surface area contributed by atoms with Crippen molar-refractivity contribution in [2.45, 2.75) is 19.3 Å². The molecule has 2 nitrogen and oxygen atoms in total. The van der Waals surface area contributed by atoms with Gasteiger partial charge in [-0.25, -0.2) is 0 Å². The van der Waals surface area contributed by atoms with Crippen LogP contribution < -0.4 is 0 Å². The van der Waals surface area contributed by atoms with E-state index in [-0.39, 0.29) is 0 Å². The Kier molecular flexibility index (Phi) is 4.20. The van der Waals surface area contributed by atoms with Crippen molar-refractivity contribution in [2.75, 3.05) is 41.3 Å². The van der Waals surface area contributed by atoms with Gasteiger partial charge in [0.25, 0.3) is 0 Å². The van der Waals surface area contributed by atoms with Crippen molar-refractivity contribution < 1.29 is 0 Å². The fourth-order valence-electron chi connectivity index (χ4n) is 2.54. The summed E-state index contributed by atoms with van der Waals surface area (Å²) in [6.45, 7) is 2.56. The molecule has 0 radical (unpaired) electrons. The largest absolute Gasteiger partial charge is 0.309 e. The third kappa shape index (κ3) is 4.10. The molecule has 0 bridgehead atoms. The monoisotopic (exact) mass is 184 g/mol. The Labute approximate surface area is 82.9 Å². The Balaban J connectivity index is 2.20. The number of nitrogens with zero attached hydrogens (tertiary/aromatic N) is 2. The van der Waals surface area contributed by atoms with Crippen molar-refractivity contribution >= 4 is 0 Å². The maximum absolute atomic E-state index is 2.32. The zero-order chi connectivity index (χ0) is 9.84. The molecular weight excluding hydrogens is 160 g/mol. The lowest BCUT2D eigenvalue weighted by molar-refractivity contribution is 0.297. The van der Waals surface area contributed by atoms with Crippen molar-refractivity contribution in [3.05, 3.63) is 0 Å². The van der Waals surface area contributed by atoms with Crippen molar-refractivity contribution in [2.24, 2.45) is 11.8 Å². The highest BCUT2D eigenvalue weighted by Crippen LogP contribution is 2.31. The van der Waals surface area contributed by atoms with Gasteiger partial charge in [0.15, 0.2) is 0 Å². The van der Waals surface area contributed by atoms with E-state index in [9.17, 15) is 0 Å². The fraction of sp³-hybridized carbons (Fsp3) is 1.00. The van der Waals surface area contributed by atoms with Crippen molar-refractivity contribution in [3.8, 4) is 0 Å². The predicted molar refractivity (Wildman–Crippen MR) is 57.9 cm³/mol. The molecule has 1 rings (SSSR count). The first kappa shape index (κ1) is 11.0. The molecule has 0 aliphatic heterocycles. The van der Waals surface area contributed by atoms with Gasteiger partial charge in [-0.3, -0.25) is 0 Å². The Hall–Kier alpha value is -0.0800. The van der Waals surface area contributed by atoms with Crippen LogP contribution in [0.25, 0.3) is 0 Å². The minimum Gasteiger partial charge on any atom is -0.309 e. The number of hydrogen-bond donors (Lipinski definition) is 0. The van der Waals surface area contributed by atoms with Crippen LogP contribution in [0.4, 0.5) is 0 Å². The molecule has 0 N–H and O–H groups in total. The summed E-state index contributed by atoms with van der Waals surface area (Å²) in [5, 5.41) is 0. The Morgan fingerprint density at radius 1 is 0.846 bits per heavy atom. The molecule has 78 valence electrons. The highest BCUT2D eigenvalue weighted by Gasteiger charge is 2.24. The van der Waals surface area contributed by atoms with Gasteiger partial charge < -0.3 is 9.80 Å². The highest BCUT2D eigenvalue weighted by molar-refractivity contribution is 4.78. The number of hydrogen-bond acceptors (Lipinski definition) is 2. The summed E-state index contributed by atoms with van der Waals surface area (Å²) in [6.07, 6.45) is 4.32. The minimum absolute atomic E-state index is 0.958. The van der Waals surface area contributed by atoms with Crippen LogP contribution >= 0.6 is 0 Å². The topological polar surface area (TPSA) is 6.48 Å². The number of rotatable bonds is 4. The zero-order valence-electron chi connectivity index (χ0n) is 9.58. The molecule has 0 heterocycles. The molecule has 1 fully saturated rings. The van der Waals surface area contributed by atoms with Crippen LogP contribution in [-0.2, 0) is 0 Å². The van der Waals surface area contributed by atoms with E-state index in [1.54, 1.807) is 0 Å². The van der Waals surface area contributed by atoms with E-state index in [1.807, 2.05) is 0 Å². The summed E-state index contributed by atoms with van der Waals surface area (Å²) in [6, 6.07) is 0. The summed E-state index contributed by atoms with van der Waals surface area (Å²) in [4.78, 5) is 4.64. The van der Waals surface area contributed by atoms with E-state index in [0.29, 0.717) is 0 Å². The molecule has 0 aromatic carbocycles. The molecule has 2 atom stereocenters. The highest BCUT2D eigenvalue weighted by atomic mass is 15.1. The standard InChI is InChI=1S/C11H24N2/c1-12(2)8-10-5-6-11(7-10)9-13(3)4/h10-11H,5-9H2,1-4H3. The summed E-state index contributed by atoms with van der Waals surface area (Å²) in [5.74, 6) is 1.92. The van der Waals surface area contributed by atoms with E-state index >= 15 is 0 Å². The Morgan fingerprint density at radius 2 is 1.23 bits per heavy atom. The molecular formula is C11H24N2. The zero-order valence-corrected chi connectivity index (χ0v) is 9.58. The molecule has 1 aliphatic rings. The summed E-state index contributed by atoms with van der Waals surface area (Å²) in [7, 11) is 8.72. The molecule has 13 heavy (non-hydrogen) atoms. The predicted octanol–water partition coefficient (Wildman–Crippen LogP) is 1.53. The Morgan fingerprint density at radius 3 is 1.54 bits per heavy atom. The molecule has 1 saturated carbocycles. The van der Waals surface area contributed by atoms with Gasteiger partial charge in [0, 0.05) is 13.1 Å². The van der Waals surface area contributed by atoms with Crippen LogP contribution in [-0.4, -0.2) is 51.1 Å². The maximum atomic E-state index is 2.32. The molecule has 2 heteroatoms. The van der Waals surface area contributed by atoms with Crippen LogP contribution in [0.5, 0.6) is 0 Å². The lowest BCUT2D eigenvalue weighted by Gasteiger charge is -2.18. The lowest BCUT2D eigenvalue weighted by atomic mass is 10.0. The van der Waals surface area contributed by atoms with E-state index in [2.05, 4.69) is 38.0 Å². The fourth-order valence-corrected chi connectivity index (χ4v) is 2.54. The third-order valence-electron chi connectivity index (χ3n) is 2.90. The molecule has 1 aliphatic carbocycles. The minimum atomic E-state index is 0.958. The van der Waals surface area contributed by atoms with Gasteiger partial charge in [0.05, 0.1) is 0 Å². The van der Waals surface area contributed by atoms with Gasteiger partial charge in [0.2, 0.25) is 0 Å². The molecule has 2 unspecified atom stereocenters. The molecule has 0 amide bonds. The van der Waals surface area contributed by atoms with E-state index in [1.165, 1.54) is 32.4 Å². The normalized spacial score (nSPS) is 29.1. The first-order valence-corrected chi connectivity index (χ1v) is 5.37. The lowest BCUT2D eigenvalue weighted by Crippen LogP contribution is -2.22. The van der Waals surface area contributed by atoms with Gasteiger partial charge in [-0.05, 0) is 59.3 Å². The van der Waals surface area contributed by atoms with Crippen LogP contribution in [0.15, 0.2) is 0 Å². The average Bonchev–Trinajstić information content (AvgIpc) is 2.33. The van der Waals surface area contributed by atoms with Gasteiger partial charge in [0.1, 0.15) is 0 Å². The van der Waals surface area contributed by atoms with Crippen LogP contribution in [0.2, 0.25) is 0 Å². The smallest absolute Gasteiger partial charge is 0.000367 e. The van der Waals surface area contributed by atoms with Crippen molar-refractivity contribution in [1.29, 1.82) is 0 Å². The second-order valence-corrected chi connectivity index (χ2v) is 5.07. The summed E-state index contributed by atoms with van der Waals surface area (Å²) < 4.78 is 0. The second-order valence-electron chi connectivity index (χ2n) is 5.07. The van der Waals surface area contributed by atoms with Gasteiger partial charge in [-0.1, -0.05) is 0 Å². The van der Waals surface area contributed by atoms with E-state index < -0.39 is 0 Å². The van der Waals surface area contributed by atoms with Gasteiger partial charge in [-0.2, -0.15) is 0 Å². The van der Waals surface area contributed by atoms with E-state index in [0.717, 1.165) is 11.8 Å². The molecule has 0 aromatic heterocycles. The quantitative estimate of drug-likeness (QED) is 0.654. The first-order valence-electron chi connectivity index (χ1n) is 5.37. The molecule has 0 saturated heterocycles. The first-order chi connectivity index (χ1) is 6.08. The Bertz CT molecular complexity index is 127. The van der Waals surface area contributed by atoms with Gasteiger partial charge >= 0.3 is 0 Å². The summed E-state index contributed by atoms with van der Waals surface area (Å²) in [5.41, 5.74) is 0. The molecule has 0 spiro atoms. The van der Waals surface area contributed by atoms with E-state index in [4.69, 9.17) is 0 Å². The van der Waals surface area contributed by atoms with Gasteiger partial charge in [-0.15, -0.1) is 0 Å². The SMILES string of the molecule is CN(C)CC1CCC(CN(C)C)C1. The van der Waals surface area contributed by atoms with Crippen molar-refractivity contribution in [3.63, 3.8) is 0 Å². The van der Waals surface area contributed by atoms with Crippen LogP contribution in [0, 0.1) is 11.8 Å². The van der Waals surface area contributed by atoms with Crippen molar-refractivity contribution in [1.82, 2.24) is 9.80 Å². The maximum Gasteiger partial charge on any atom is 0.000367 e. The van der Waals surface area contributed by atoms with Crippen LogP contribution in [0.1, 0.15) is 19.3 Å². The molecule has 0 aromatic rings. The van der Waals surface area contributed by atoms with Crippen LogP contribution in [0.3, 0.4) is 0 Å².